The molecule has 0 aliphatic carbocycles. The second kappa shape index (κ2) is 7.98. The predicted octanol–water partition coefficient (Wildman–Crippen LogP) is 2.92. The van der Waals surface area contributed by atoms with E-state index in [2.05, 4.69) is 11.8 Å². The molecule has 1 aromatic heterocycles. The Kier molecular flexibility index (Phi) is 6.00. The van der Waals surface area contributed by atoms with Crippen LogP contribution in [0.3, 0.4) is 0 Å². The molecule has 0 aliphatic heterocycles. The van der Waals surface area contributed by atoms with Crippen LogP contribution in [0, 0.1) is 17.3 Å². The average Bonchev–Trinajstić information content (AvgIpc) is 3.07. The average molecular weight is 314 g/mol. The Morgan fingerprint density at radius 3 is 2.48 bits per heavy atom. The molecule has 0 spiro atoms. The number of hydrogen-bond acceptors (Lipinski definition) is 4. The van der Waals surface area contributed by atoms with Gasteiger partial charge in [0.05, 0.1) is 19.5 Å². The van der Waals surface area contributed by atoms with E-state index in [1.807, 2.05) is 44.2 Å². The van der Waals surface area contributed by atoms with E-state index in [1.54, 1.807) is 12.1 Å². The highest BCUT2D eigenvalue weighted by atomic mass is 16.5. The molecular formula is C19H22O4. The SMILES string of the molecule is CC(C)(COCc1ccccc1)C(O)C#CC(O)c1ccco1. The Bertz CT molecular complexity index is 635. The van der Waals surface area contributed by atoms with Crippen LogP contribution in [0.5, 0.6) is 0 Å². The Balaban J connectivity index is 1.86. The first-order valence-electron chi connectivity index (χ1n) is 7.51. The maximum atomic E-state index is 10.2. The Hall–Kier alpha value is -2.06. The zero-order chi connectivity index (χ0) is 16.7. The summed E-state index contributed by atoms with van der Waals surface area (Å²) in [5.74, 6) is 5.64. The molecule has 2 unspecified atom stereocenters. The van der Waals surface area contributed by atoms with Crippen molar-refractivity contribution >= 4 is 0 Å². The largest absolute Gasteiger partial charge is 0.466 e. The topological polar surface area (TPSA) is 62.8 Å². The van der Waals surface area contributed by atoms with Gasteiger partial charge in [0.1, 0.15) is 11.9 Å². The fourth-order valence-electron chi connectivity index (χ4n) is 1.96. The van der Waals surface area contributed by atoms with Crippen molar-refractivity contribution in [3.8, 4) is 11.8 Å². The lowest BCUT2D eigenvalue weighted by atomic mass is 9.87. The summed E-state index contributed by atoms with van der Waals surface area (Å²) in [5, 5.41) is 20.1. The van der Waals surface area contributed by atoms with E-state index in [0.717, 1.165) is 5.56 Å². The minimum atomic E-state index is -1.04. The van der Waals surface area contributed by atoms with Gasteiger partial charge in [-0.25, -0.2) is 0 Å². The standard InChI is InChI=1S/C19H22O4/c1-19(2,14-22-13-15-7-4-3-5-8-15)18(21)11-10-16(20)17-9-6-12-23-17/h3-9,12,16,18,20-21H,13-14H2,1-2H3. The number of aliphatic hydroxyl groups is 2. The summed E-state index contributed by atoms with van der Waals surface area (Å²) in [5.41, 5.74) is 0.530. The zero-order valence-corrected chi connectivity index (χ0v) is 13.4. The van der Waals surface area contributed by atoms with Crippen LogP contribution >= 0.6 is 0 Å². The van der Waals surface area contributed by atoms with Gasteiger partial charge in [-0.15, -0.1) is 0 Å². The molecule has 2 atom stereocenters. The second-order valence-corrected chi connectivity index (χ2v) is 6.08. The third-order valence-corrected chi connectivity index (χ3v) is 3.50. The molecule has 4 nitrogen and oxygen atoms in total. The van der Waals surface area contributed by atoms with Crippen molar-refractivity contribution in [1.29, 1.82) is 0 Å². The van der Waals surface area contributed by atoms with Crippen molar-refractivity contribution in [2.24, 2.45) is 5.41 Å². The molecule has 0 saturated heterocycles. The first-order valence-corrected chi connectivity index (χ1v) is 7.51. The van der Waals surface area contributed by atoms with E-state index in [1.165, 1.54) is 6.26 Å². The minimum absolute atomic E-state index is 0.356. The van der Waals surface area contributed by atoms with E-state index in [-0.39, 0.29) is 0 Å². The first kappa shape index (κ1) is 17.3. The summed E-state index contributed by atoms with van der Waals surface area (Å²) in [6.45, 7) is 4.58. The van der Waals surface area contributed by atoms with Gasteiger partial charge >= 0.3 is 0 Å². The molecule has 0 bridgehead atoms. The molecule has 4 heteroatoms. The van der Waals surface area contributed by atoms with Crippen LogP contribution in [0.2, 0.25) is 0 Å². The maximum absolute atomic E-state index is 10.2. The summed E-state index contributed by atoms with van der Waals surface area (Å²) in [4.78, 5) is 0. The van der Waals surface area contributed by atoms with Crippen LogP contribution in [0.1, 0.15) is 31.3 Å². The quantitative estimate of drug-likeness (QED) is 0.805. The lowest BCUT2D eigenvalue weighted by Gasteiger charge is -2.26. The highest BCUT2D eigenvalue weighted by Gasteiger charge is 2.27. The molecule has 2 aromatic rings. The third kappa shape index (κ3) is 5.26. The molecule has 2 N–H and O–H groups in total. The minimum Gasteiger partial charge on any atom is -0.466 e. The number of aliphatic hydroxyl groups excluding tert-OH is 2. The van der Waals surface area contributed by atoms with Gasteiger partial charge in [-0.3, -0.25) is 0 Å². The highest BCUT2D eigenvalue weighted by molar-refractivity contribution is 5.19. The first-order chi connectivity index (χ1) is 11.0. The molecule has 0 aliphatic rings. The van der Waals surface area contributed by atoms with E-state index < -0.39 is 17.6 Å². The normalized spacial score (nSPS) is 13.9. The summed E-state index contributed by atoms with van der Waals surface area (Å²) in [6, 6.07) is 13.2. The zero-order valence-electron chi connectivity index (χ0n) is 13.4. The van der Waals surface area contributed by atoms with Gasteiger partial charge < -0.3 is 19.4 Å². The fraction of sp³-hybridized carbons (Fsp3) is 0.368. The van der Waals surface area contributed by atoms with Crippen LogP contribution in [0.4, 0.5) is 0 Å². The summed E-state index contributed by atoms with van der Waals surface area (Å²) in [7, 11) is 0. The van der Waals surface area contributed by atoms with Gasteiger partial charge in [-0.2, -0.15) is 0 Å². The van der Waals surface area contributed by atoms with Gasteiger partial charge in [0, 0.05) is 5.41 Å². The molecule has 1 heterocycles. The molecule has 0 fully saturated rings. The predicted molar refractivity (Wildman–Crippen MR) is 87.3 cm³/mol. The number of hydrogen-bond donors (Lipinski definition) is 2. The van der Waals surface area contributed by atoms with Crippen LogP contribution in [-0.2, 0) is 11.3 Å². The molecule has 2 rings (SSSR count). The molecule has 0 saturated carbocycles. The third-order valence-electron chi connectivity index (χ3n) is 3.50. The van der Waals surface area contributed by atoms with Crippen molar-refractivity contribution in [1.82, 2.24) is 0 Å². The van der Waals surface area contributed by atoms with Crippen molar-refractivity contribution in [3.63, 3.8) is 0 Å². The molecule has 0 amide bonds. The van der Waals surface area contributed by atoms with E-state index in [0.29, 0.717) is 19.0 Å². The van der Waals surface area contributed by atoms with Crippen LogP contribution < -0.4 is 0 Å². The van der Waals surface area contributed by atoms with Crippen LogP contribution in [0.15, 0.2) is 53.1 Å². The van der Waals surface area contributed by atoms with Crippen LogP contribution in [0.25, 0.3) is 0 Å². The number of ether oxygens (including phenoxy) is 1. The number of benzene rings is 1. The molecule has 0 radical (unpaired) electrons. The summed E-state index contributed by atoms with van der Waals surface area (Å²) < 4.78 is 10.7. The van der Waals surface area contributed by atoms with E-state index in [4.69, 9.17) is 9.15 Å². The van der Waals surface area contributed by atoms with Crippen LogP contribution in [-0.4, -0.2) is 22.9 Å². The number of rotatable bonds is 6. The van der Waals surface area contributed by atoms with Gasteiger partial charge in [0.25, 0.3) is 0 Å². The van der Waals surface area contributed by atoms with Gasteiger partial charge in [-0.1, -0.05) is 56.0 Å². The van der Waals surface area contributed by atoms with Gasteiger partial charge in [0.2, 0.25) is 0 Å². The fourth-order valence-corrected chi connectivity index (χ4v) is 1.96. The maximum Gasteiger partial charge on any atom is 0.172 e. The Labute approximate surface area is 136 Å². The molecule has 23 heavy (non-hydrogen) atoms. The van der Waals surface area contributed by atoms with Gasteiger partial charge in [0.15, 0.2) is 6.10 Å². The Morgan fingerprint density at radius 1 is 1.09 bits per heavy atom. The summed E-state index contributed by atoms with van der Waals surface area (Å²) in [6.07, 6.45) is -0.485. The molecule has 122 valence electrons. The molecule has 1 aromatic carbocycles. The lowest BCUT2D eigenvalue weighted by Crippen LogP contribution is -2.33. The van der Waals surface area contributed by atoms with Gasteiger partial charge in [-0.05, 0) is 17.7 Å². The Morgan fingerprint density at radius 2 is 1.83 bits per heavy atom. The molecular weight excluding hydrogens is 292 g/mol. The van der Waals surface area contributed by atoms with Crippen molar-refractivity contribution < 1.29 is 19.4 Å². The number of furan rings is 1. The van der Waals surface area contributed by atoms with Crippen molar-refractivity contribution in [2.75, 3.05) is 6.61 Å². The van der Waals surface area contributed by atoms with Crippen molar-refractivity contribution in [3.05, 3.63) is 60.1 Å². The smallest absolute Gasteiger partial charge is 0.172 e. The highest BCUT2D eigenvalue weighted by Crippen LogP contribution is 2.22. The summed E-state index contributed by atoms with van der Waals surface area (Å²) >= 11 is 0. The lowest BCUT2D eigenvalue weighted by molar-refractivity contribution is -0.00513. The van der Waals surface area contributed by atoms with E-state index >= 15 is 0 Å². The van der Waals surface area contributed by atoms with Crippen molar-refractivity contribution in [2.45, 2.75) is 32.7 Å². The second-order valence-electron chi connectivity index (χ2n) is 6.08. The monoisotopic (exact) mass is 314 g/mol. The van der Waals surface area contributed by atoms with E-state index in [9.17, 15) is 10.2 Å².